The van der Waals surface area contributed by atoms with Crippen LogP contribution in [0.5, 0.6) is 0 Å². The highest BCUT2D eigenvalue weighted by atomic mass is 19.1. The van der Waals surface area contributed by atoms with Gasteiger partial charge in [-0.25, -0.2) is 14.4 Å². The van der Waals surface area contributed by atoms with Crippen molar-refractivity contribution in [2.24, 2.45) is 5.92 Å². The number of hydrogen-bond acceptors (Lipinski definition) is 5. The highest BCUT2D eigenvalue weighted by molar-refractivity contribution is 5.42. The van der Waals surface area contributed by atoms with E-state index < -0.39 is 11.9 Å². The summed E-state index contributed by atoms with van der Waals surface area (Å²) in [6, 6.07) is 2.73. The number of aliphatic hydroxyl groups is 1. The van der Waals surface area contributed by atoms with Crippen LogP contribution < -0.4 is 5.32 Å². The van der Waals surface area contributed by atoms with E-state index >= 15 is 0 Å². The minimum atomic E-state index is -0.579. The molecule has 0 aliphatic heterocycles. The zero-order valence-corrected chi connectivity index (χ0v) is 11.9. The Morgan fingerprint density at radius 1 is 1.50 bits per heavy atom. The van der Waals surface area contributed by atoms with Gasteiger partial charge in [0.1, 0.15) is 6.07 Å². The Morgan fingerprint density at radius 2 is 2.36 bits per heavy atom. The van der Waals surface area contributed by atoms with Crippen LogP contribution in [-0.4, -0.2) is 31.8 Å². The Balaban J connectivity index is 1.64. The lowest BCUT2D eigenvalue weighted by Gasteiger charge is -2.17. The van der Waals surface area contributed by atoms with Gasteiger partial charge in [0, 0.05) is 25.1 Å². The second kappa shape index (κ2) is 6.12. The number of anilines is 1. The van der Waals surface area contributed by atoms with Crippen LogP contribution in [-0.2, 0) is 6.54 Å². The second-order valence-electron chi connectivity index (χ2n) is 5.58. The minimum absolute atomic E-state index is 0.0753. The third kappa shape index (κ3) is 3.07. The van der Waals surface area contributed by atoms with Crippen molar-refractivity contribution >= 4 is 5.82 Å². The van der Waals surface area contributed by atoms with Gasteiger partial charge in [-0.3, -0.25) is 0 Å². The van der Waals surface area contributed by atoms with Gasteiger partial charge >= 0.3 is 0 Å². The number of halogens is 1. The summed E-state index contributed by atoms with van der Waals surface area (Å²) < 4.78 is 15.8. The van der Waals surface area contributed by atoms with Gasteiger partial charge in [-0.05, 0) is 24.8 Å². The van der Waals surface area contributed by atoms with Gasteiger partial charge < -0.3 is 15.0 Å². The highest BCUT2D eigenvalue weighted by Gasteiger charge is 2.33. The number of nitrogens with zero attached hydrogens (tertiary/aromatic N) is 4. The van der Waals surface area contributed by atoms with Crippen molar-refractivity contribution in [2.45, 2.75) is 31.5 Å². The number of imidazole rings is 1. The zero-order valence-electron chi connectivity index (χ0n) is 11.9. The summed E-state index contributed by atoms with van der Waals surface area (Å²) in [4.78, 5) is 7.91. The topological polar surface area (TPSA) is 86.8 Å². The Bertz CT molecular complexity index is 682. The first-order valence-electron chi connectivity index (χ1n) is 7.11. The Labute approximate surface area is 127 Å². The lowest BCUT2D eigenvalue weighted by molar-refractivity contribution is 0.166. The molecule has 2 aromatic rings. The standard InChI is InChI=1S/C15H16FN5O/c16-12-3-11(6-17)7-19-15(12)20-13-4-10(5-14(13)22)8-21-2-1-18-9-21/h1-3,7,9-10,13-14,22H,4-5,8H2,(H,19,20)/t10?,13-,14-/m1/s1. The minimum Gasteiger partial charge on any atom is -0.391 e. The van der Waals surface area contributed by atoms with Crippen LogP contribution in [0.2, 0.25) is 0 Å². The molecule has 1 aliphatic carbocycles. The molecule has 7 heteroatoms. The molecule has 2 heterocycles. The summed E-state index contributed by atoms with van der Waals surface area (Å²) in [5.74, 6) is -0.209. The Hall–Kier alpha value is -2.46. The fourth-order valence-electron chi connectivity index (χ4n) is 2.90. The van der Waals surface area contributed by atoms with Crippen molar-refractivity contribution in [1.82, 2.24) is 14.5 Å². The van der Waals surface area contributed by atoms with E-state index in [1.807, 2.05) is 16.8 Å². The fourth-order valence-corrected chi connectivity index (χ4v) is 2.90. The molecule has 0 aromatic carbocycles. The molecule has 2 N–H and O–H groups in total. The van der Waals surface area contributed by atoms with Gasteiger partial charge in [0.2, 0.25) is 0 Å². The lowest BCUT2D eigenvalue weighted by Crippen LogP contribution is -2.28. The zero-order chi connectivity index (χ0) is 15.5. The number of rotatable bonds is 4. The molecular formula is C15H16FN5O. The summed E-state index contributed by atoms with van der Waals surface area (Å²) in [5.41, 5.74) is 0.174. The normalized spacial score (nSPS) is 24.1. The number of nitrogens with one attached hydrogen (secondary N) is 1. The molecule has 3 rings (SSSR count). The average molecular weight is 301 g/mol. The van der Waals surface area contributed by atoms with E-state index in [4.69, 9.17) is 5.26 Å². The maximum Gasteiger partial charge on any atom is 0.166 e. The molecule has 0 radical (unpaired) electrons. The van der Waals surface area contributed by atoms with Crippen LogP contribution in [0.25, 0.3) is 0 Å². The number of aromatic nitrogens is 3. The average Bonchev–Trinajstić information content (AvgIpc) is 3.12. The number of nitriles is 1. The highest BCUT2D eigenvalue weighted by Crippen LogP contribution is 2.30. The summed E-state index contributed by atoms with van der Waals surface area (Å²) in [6.45, 7) is 0.776. The first-order chi connectivity index (χ1) is 10.7. The molecule has 1 fully saturated rings. The quantitative estimate of drug-likeness (QED) is 0.894. The van der Waals surface area contributed by atoms with E-state index in [0.29, 0.717) is 12.3 Å². The monoisotopic (exact) mass is 301 g/mol. The maximum atomic E-state index is 13.8. The van der Waals surface area contributed by atoms with Crippen molar-refractivity contribution in [3.05, 3.63) is 42.4 Å². The number of pyridine rings is 1. The molecule has 2 aromatic heterocycles. The van der Waals surface area contributed by atoms with E-state index in [1.54, 1.807) is 12.5 Å². The van der Waals surface area contributed by atoms with E-state index in [-0.39, 0.29) is 17.4 Å². The third-order valence-corrected chi connectivity index (χ3v) is 3.95. The molecule has 1 saturated carbocycles. The van der Waals surface area contributed by atoms with E-state index in [9.17, 15) is 9.50 Å². The van der Waals surface area contributed by atoms with Crippen molar-refractivity contribution in [1.29, 1.82) is 5.26 Å². The molecule has 3 atom stereocenters. The van der Waals surface area contributed by atoms with Crippen LogP contribution in [0, 0.1) is 23.1 Å². The SMILES string of the molecule is N#Cc1cnc(N[C@@H]2CC(Cn3ccnc3)C[C@H]2O)c(F)c1. The summed E-state index contributed by atoms with van der Waals surface area (Å²) in [6.07, 6.45) is 7.48. The van der Waals surface area contributed by atoms with Crippen LogP contribution in [0.15, 0.2) is 31.0 Å². The largest absolute Gasteiger partial charge is 0.391 e. The smallest absolute Gasteiger partial charge is 0.166 e. The van der Waals surface area contributed by atoms with Crippen molar-refractivity contribution in [3.8, 4) is 6.07 Å². The molecule has 6 nitrogen and oxygen atoms in total. The van der Waals surface area contributed by atoms with Gasteiger partial charge in [-0.1, -0.05) is 0 Å². The Morgan fingerprint density at radius 3 is 3.05 bits per heavy atom. The van der Waals surface area contributed by atoms with Crippen molar-refractivity contribution < 1.29 is 9.50 Å². The van der Waals surface area contributed by atoms with Crippen LogP contribution >= 0.6 is 0 Å². The fraction of sp³-hybridized carbons (Fsp3) is 0.400. The number of hydrogen-bond donors (Lipinski definition) is 2. The van der Waals surface area contributed by atoms with E-state index in [2.05, 4.69) is 15.3 Å². The molecule has 22 heavy (non-hydrogen) atoms. The molecule has 0 bridgehead atoms. The van der Waals surface area contributed by atoms with Crippen molar-refractivity contribution in [3.63, 3.8) is 0 Å². The first kappa shape index (κ1) is 14.5. The molecule has 0 amide bonds. The van der Waals surface area contributed by atoms with Crippen molar-refractivity contribution in [2.75, 3.05) is 5.32 Å². The van der Waals surface area contributed by atoms with Crippen LogP contribution in [0.1, 0.15) is 18.4 Å². The van der Waals surface area contributed by atoms with Gasteiger partial charge in [0.15, 0.2) is 11.6 Å². The van der Waals surface area contributed by atoms with Gasteiger partial charge in [-0.15, -0.1) is 0 Å². The molecule has 0 spiro atoms. The molecule has 0 saturated heterocycles. The first-order valence-corrected chi connectivity index (χ1v) is 7.11. The Kier molecular flexibility index (Phi) is 4.02. The van der Waals surface area contributed by atoms with Gasteiger partial charge in [-0.2, -0.15) is 5.26 Å². The molecule has 114 valence electrons. The van der Waals surface area contributed by atoms with E-state index in [1.165, 1.54) is 6.20 Å². The third-order valence-electron chi connectivity index (χ3n) is 3.95. The molecular weight excluding hydrogens is 285 g/mol. The number of aliphatic hydroxyl groups excluding tert-OH is 1. The summed E-state index contributed by atoms with van der Waals surface area (Å²) in [7, 11) is 0. The van der Waals surface area contributed by atoms with Gasteiger partial charge in [0.25, 0.3) is 0 Å². The predicted molar refractivity (Wildman–Crippen MR) is 77.3 cm³/mol. The summed E-state index contributed by atoms with van der Waals surface area (Å²) >= 11 is 0. The molecule has 1 unspecified atom stereocenters. The second-order valence-corrected chi connectivity index (χ2v) is 5.58. The van der Waals surface area contributed by atoms with Crippen LogP contribution in [0.3, 0.4) is 0 Å². The van der Waals surface area contributed by atoms with E-state index in [0.717, 1.165) is 19.0 Å². The lowest BCUT2D eigenvalue weighted by atomic mass is 10.1. The van der Waals surface area contributed by atoms with Gasteiger partial charge in [0.05, 0.1) is 24.0 Å². The summed E-state index contributed by atoms with van der Waals surface area (Å²) in [5, 5.41) is 21.8. The van der Waals surface area contributed by atoms with Crippen LogP contribution in [0.4, 0.5) is 10.2 Å². The maximum absolute atomic E-state index is 13.8. The predicted octanol–water partition coefficient (Wildman–Crippen LogP) is 1.54. The molecule has 1 aliphatic rings.